The Morgan fingerprint density at radius 2 is 1.77 bits per heavy atom. The molecule has 2 N–H and O–H groups in total. The van der Waals surface area contributed by atoms with Crippen LogP contribution in [0.2, 0.25) is 0 Å². The Morgan fingerprint density at radius 1 is 0.975 bits per heavy atom. The van der Waals surface area contributed by atoms with Gasteiger partial charge in [0.05, 0.1) is 7.11 Å². The van der Waals surface area contributed by atoms with E-state index < -0.39 is 0 Å². The van der Waals surface area contributed by atoms with Crippen LogP contribution in [0.3, 0.4) is 0 Å². The van der Waals surface area contributed by atoms with E-state index in [0.717, 1.165) is 78.7 Å². The molecule has 0 amide bonds. The molecular formula is C34H38N3O3+. The average Bonchev–Trinajstić information content (AvgIpc) is 3.27. The molecule has 0 bridgehead atoms. The van der Waals surface area contributed by atoms with Gasteiger partial charge < -0.3 is 15.2 Å². The van der Waals surface area contributed by atoms with Gasteiger partial charge >= 0.3 is 0 Å². The topological polar surface area (TPSA) is 68.7 Å². The number of aryl methyl sites for hydroxylation is 1. The average molecular weight is 537 g/mol. The number of carbonyl (C=O) groups excluding carboxylic acids is 1. The highest BCUT2D eigenvalue weighted by Gasteiger charge is 2.34. The Morgan fingerprint density at radius 3 is 2.55 bits per heavy atom. The molecule has 40 heavy (non-hydrogen) atoms. The standard InChI is InChI=1S/C34H38N3O3/c1-36-28(12-11-25-9-6-10-30(35)33(25)36)22-40-32-20-29-26(19-31(32)39-2)18-27(34(29)38)17-23-13-15-37(16-14-23)21-24-7-4-3-5-8-24/h3-12,19-20,23,27H,13-18,21-22,35H2,1-2H3/q+1. The summed E-state index contributed by atoms with van der Waals surface area (Å²) in [5, 5.41) is 1.08. The molecule has 206 valence electrons. The summed E-state index contributed by atoms with van der Waals surface area (Å²) >= 11 is 0. The molecule has 1 saturated heterocycles. The van der Waals surface area contributed by atoms with Gasteiger partial charge in [0, 0.05) is 29.5 Å². The van der Waals surface area contributed by atoms with Gasteiger partial charge in [-0.05, 0) is 86.1 Å². The van der Waals surface area contributed by atoms with Crippen molar-refractivity contribution in [2.75, 3.05) is 25.9 Å². The number of carbonyl (C=O) groups is 1. The summed E-state index contributed by atoms with van der Waals surface area (Å²) in [6, 6.07) is 24.6. The van der Waals surface area contributed by atoms with Crippen molar-refractivity contribution in [1.29, 1.82) is 0 Å². The predicted molar refractivity (Wildman–Crippen MR) is 157 cm³/mol. The second-order valence-electron chi connectivity index (χ2n) is 11.3. The number of pyridine rings is 1. The third-order valence-electron chi connectivity index (χ3n) is 8.76. The number of likely N-dealkylation sites (tertiary alicyclic amines) is 1. The first kappa shape index (κ1) is 26.3. The number of piperidine rings is 1. The molecule has 2 aliphatic rings. The lowest BCUT2D eigenvalue weighted by Gasteiger charge is -2.32. The molecule has 0 saturated carbocycles. The molecule has 1 fully saturated rings. The molecule has 1 unspecified atom stereocenters. The van der Waals surface area contributed by atoms with E-state index in [1.807, 2.05) is 37.4 Å². The van der Waals surface area contributed by atoms with Crippen LogP contribution in [-0.4, -0.2) is 30.9 Å². The van der Waals surface area contributed by atoms with E-state index >= 15 is 0 Å². The maximum Gasteiger partial charge on any atom is 0.235 e. The summed E-state index contributed by atoms with van der Waals surface area (Å²) in [6.07, 6.45) is 4.04. The summed E-state index contributed by atoms with van der Waals surface area (Å²) in [7, 11) is 3.65. The third kappa shape index (κ3) is 5.28. The third-order valence-corrected chi connectivity index (χ3v) is 8.76. The van der Waals surface area contributed by atoms with Gasteiger partial charge in [-0.2, -0.15) is 4.57 Å². The predicted octanol–water partition coefficient (Wildman–Crippen LogP) is 5.49. The number of nitrogen functional groups attached to an aromatic ring is 1. The zero-order valence-corrected chi connectivity index (χ0v) is 23.4. The molecule has 1 aromatic heterocycles. The van der Waals surface area contributed by atoms with Crippen LogP contribution in [0, 0.1) is 11.8 Å². The number of para-hydroxylation sites is 1. The number of Topliss-reactive ketones (excluding diaryl/α,β-unsaturated/α-hetero) is 1. The van der Waals surface area contributed by atoms with Crippen molar-refractivity contribution in [3.8, 4) is 11.5 Å². The Bertz CT molecular complexity index is 1530. The number of methoxy groups -OCH3 is 1. The molecule has 6 heteroatoms. The number of benzene rings is 3. The number of ether oxygens (including phenoxy) is 2. The first-order valence-corrected chi connectivity index (χ1v) is 14.3. The molecule has 6 rings (SSSR count). The molecule has 1 aliphatic heterocycles. The fourth-order valence-electron chi connectivity index (χ4n) is 6.51. The molecule has 2 heterocycles. The van der Waals surface area contributed by atoms with Crippen molar-refractivity contribution in [3.05, 3.63) is 95.2 Å². The van der Waals surface area contributed by atoms with E-state index in [-0.39, 0.29) is 11.7 Å². The van der Waals surface area contributed by atoms with E-state index in [2.05, 4.69) is 51.9 Å². The van der Waals surface area contributed by atoms with Crippen LogP contribution in [0.15, 0.2) is 72.8 Å². The van der Waals surface area contributed by atoms with Crippen LogP contribution in [0.5, 0.6) is 11.5 Å². The number of ketones is 1. The Hall–Kier alpha value is -3.90. The number of hydrogen-bond acceptors (Lipinski definition) is 5. The monoisotopic (exact) mass is 536 g/mol. The number of nitrogens with zero attached hydrogens (tertiary/aromatic N) is 2. The van der Waals surface area contributed by atoms with Crippen molar-refractivity contribution < 1.29 is 18.8 Å². The van der Waals surface area contributed by atoms with Crippen LogP contribution >= 0.6 is 0 Å². The van der Waals surface area contributed by atoms with Crippen LogP contribution < -0.4 is 19.8 Å². The highest BCUT2D eigenvalue weighted by Crippen LogP contribution is 2.40. The van der Waals surface area contributed by atoms with Crippen LogP contribution in [0.25, 0.3) is 10.9 Å². The normalized spacial score (nSPS) is 17.8. The Balaban J connectivity index is 1.11. The lowest BCUT2D eigenvalue weighted by molar-refractivity contribution is -0.654. The largest absolute Gasteiger partial charge is 0.493 e. The zero-order valence-electron chi connectivity index (χ0n) is 23.4. The van der Waals surface area contributed by atoms with E-state index in [9.17, 15) is 4.79 Å². The minimum absolute atomic E-state index is 0.0434. The maximum absolute atomic E-state index is 13.5. The van der Waals surface area contributed by atoms with Crippen LogP contribution in [-0.2, 0) is 26.6 Å². The van der Waals surface area contributed by atoms with Crippen molar-refractivity contribution in [3.63, 3.8) is 0 Å². The number of aromatic nitrogens is 1. The molecule has 3 aromatic carbocycles. The molecule has 0 radical (unpaired) electrons. The van der Waals surface area contributed by atoms with Crippen LogP contribution in [0.1, 0.15) is 46.4 Å². The minimum Gasteiger partial charge on any atom is -0.493 e. The summed E-state index contributed by atoms with van der Waals surface area (Å²) in [4.78, 5) is 16.1. The molecule has 6 nitrogen and oxygen atoms in total. The maximum atomic E-state index is 13.5. The molecule has 0 spiro atoms. The van der Waals surface area contributed by atoms with Gasteiger partial charge in [-0.25, -0.2) is 0 Å². The Kier molecular flexibility index (Phi) is 7.44. The number of anilines is 1. The number of rotatable bonds is 8. The number of hydrogen-bond donors (Lipinski definition) is 1. The number of nitrogens with two attached hydrogens (primary N) is 1. The van der Waals surface area contributed by atoms with Gasteiger partial charge in [0.15, 0.2) is 23.9 Å². The Labute approximate surface area is 236 Å². The molecule has 1 atom stereocenters. The molecular weight excluding hydrogens is 498 g/mol. The van der Waals surface area contributed by atoms with Gasteiger partial charge in [0.1, 0.15) is 12.7 Å². The van der Waals surface area contributed by atoms with Crippen molar-refractivity contribution >= 4 is 22.4 Å². The minimum atomic E-state index is 0.0434. The fraction of sp³-hybridized carbons (Fsp3) is 0.353. The summed E-state index contributed by atoms with van der Waals surface area (Å²) < 4.78 is 14.0. The quantitative estimate of drug-likeness (QED) is 0.238. The zero-order chi connectivity index (χ0) is 27.6. The van der Waals surface area contributed by atoms with E-state index in [0.29, 0.717) is 24.0 Å². The summed E-state index contributed by atoms with van der Waals surface area (Å²) in [5.41, 5.74) is 12.2. The second kappa shape index (κ2) is 11.3. The van der Waals surface area contributed by atoms with Crippen LogP contribution in [0.4, 0.5) is 5.69 Å². The number of fused-ring (bicyclic) bond motifs is 2. The smallest absolute Gasteiger partial charge is 0.235 e. The van der Waals surface area contributed by atoms with Crippen molar-refractivity contribution in [2.24, 2.45) is 18.9 Å². The van der Waals surface area contributed by atoms with Gasteiger partial charge in [0.2, 0.25) is 11.2 Å². The van der Waals surface area contributed by atoms with E-state index in [1.54, 1.807) is 7.11 Å². The van der Waals surface area contributed by atoms with E-state index in [4.69, 9.17) is 15.2 Å². The highest BCUT2D eigenvalue weighted by molar-refractivity contribution is 6.03. The summed E-state index contributed by atoms with van der Waals surface area (Å²) in [6.45, 7) is 3.54. The van der Waals surface area contributed by atoms with Gasteiger partial charge in [-0.3, -0.25) is 9.69 Å². The highest BCUT2D eigenvalue weighted by atomic mass is 16.5. The lowest BCUT2D eigenvalue weighted by atomic mass is 9.85. The van der Waals surface area contributed by atoms with Gasteiger partial charge in [-0.1, -0.05) is 36.4 Å². The first-order chi connectivity index (χ1) is 19.5. The van der Waals surface area contributed by atoms with Crippen molar-refractivity contribution in [2.45, 2.75) is 38.8 Å². The molecule has 4 aromatic rings. The SMILES string of the molecule is COc1cc2c(cc1OCc1ccc3cccc(N)c3[n+]1C)C(=O)C(CC1CCN(Cc3ccccc3)CC1)C2. The van der Waals surface area contributed by atoms with Crippen molar-refractivity contribution in [1.82, 2.24) is 4.90 Å². The van der Waals surface area contributed by atoms with Gasteiger partial charge in [-0.15, -0.1) is 0 Å². The van der Waals surface area contributed by atoms with E-state index in [1.165, 1.54) is 5.56 Å². The lowest BCUT2D eigenvalue weighted by Crippen LogP contribution is -2.35. The second-order valence-corrected chi connectivity index (χ2v) is 11.3. The summed E-state index contributed by atoms with van der Waals surface area (Å²) in [5.74, 6) is 2.16. The molecule has 1 aliphatic carbocycles. The van der Waals surface area contributed by atoms with Gasteiger partial charge in [0.25, 0.3) is 0 Å². The first-order valence-electron chi connectivity index (χ1n) is 14.3. The fourth-order valence-corrected chi connectivity index (χ4v) is 6.51.